The van der Waals surface area contributed by atoms with Crippen LogP contribution in [0.4, 0.5) is 0 Å². The van der Waals surface area contributed by atoms with Crippen LogP contribution in [-0.4, -0.2) is 69.2 Å². The SMILES string of the molecule is CCCCCC(=O)OCC(O)COC(=O)CC(O)(CC(=O)O)C(=O)O. The van der Waals surface area contributed by atoms with Gasteiger partial charge in [0.1, 0.15) is 19.3 Å². The molecule has 0 amide bonds. The number of aliphatic hydroxyl groups is 2. The number of ether oxygens (including phenoxy) is 2. The number of esters is 2. The maximum atomic E-state index is 11.5. The largest absolute Gasteiger partial charge is 0.481 e. The Morgan fingerprint density at radius 3 is 2.00 bits per heavy atom. The number of hydrogen-bond acceptors (Lipinski definition) is 8. The molecule has 2 unspecified atom stereocenters. The van der Waals surface area contributed by atoms with Gasteiger partial charge in [-0.05, 0) is 6.42 Å². The fraction of sp³-hybridized carbons (Fsp3) is 0.733. The predicted octanol–water partition coefficient (Wildman–Crippen LogP) is -0.305. The maximum Gasteiger partial charge on any atom is 0.336 e. The summed E-state index contributed by atoms with van der Waals surface area (Å²) in [5.74, 6) is -5.19. The molecule has 0 aromatic rings. The van der Waals surface area contributed by atoms with Gasteiger partial charge in [0.05, 0.1) is 12.8 Å². The molecule has 0 aliphatic heterocycles. The van der Waals surface area contributed by atoms with Crippen LogP contribution < -0.4 is 0 Å². The molecular weight excluding hydrogens is 340 g/mol. The molecule has 0 aromatic carbocycles. The van der Waals surface area contributed by atoms with Crippen molar-refractivity contribution in [3.8, 4) is 0 Å². The third-order valence-corrected chi connectivity index (χ3v) is 3.14. The summed E-state index contributed by atoms with van der Waals surface area (Å²) in [7, 11) is 0. The van der Waals surface area contributed by atoms with E-state index in [4.69, 9.17) is 14.9 Å². The molecule has 0 saturated carbocycles. The van der Waals surface area contributed by atoms with Crippen LogP contribution in [0, 0.1) is 0 Å². The van der Waals surface area contributed by atoms with Gasteiger partial charge in [0.25, 0.3) is 0 Å². The Labute approximate surface area is 144 Å². The third kappa shape index (κ3) is 10.3. The van der Waals surface area contributed by atoms with Crippen molar-refractivity contribution in [2.24, 2.45) is 0 Å². The fourth-order valence-electron chi connectivity index (χ4n) is 1.77. The average molecular weight is 364 g/mol. The Morgan fingerprint density at radius 1 is 0.960 bits per heavy atom. The van der Waals surface area contributed by atoms with E-state index in [1.807, 2.05) is 6.92 Å². The number of carbonyl (C=O) groups excluding carboxylic acids is 2. The van der Waals surface area contributed by atoms with Crippen molar-refractivity contribution in [1.29, 1.82) is 0 Å². The second-order valence-corrected chi connectivity index (χ2v) is 5.56. The van der Waals surface area contributed by atoms with Crippen LogP contribution in [0.5, 0.6) is 0 Å². The van der Waals surface area contributed by atoms with Gasteiger partial charge in [0, 0.05) is 6.42 Å². The minimum absolute atomic E-state index is 0.210. The monoisotopic (exact) mass is 364 g/mol. The summed E-state index contributed by atoms with van der Waals surface area (Å²) in [4.78, 5) is 44.3. The van der Waals surface area contributed by atoms with E-state index in [-0.39, 0.29) is 6.42 Å². The van der Waals surface area contributed by atoms with Gasteiger partial charge >= 0.3 is 23.9 Å². The maximum absolute atomic E-state index is 11.5. The van der Waals surface area contributed by atoms with E-state index in [2.05, 4.69) is 4.74 Å². The third-order valence-electron chi connectivity index (χ3n) is 3.14. The first-order valence-electron chi connectivity index (χ1n) is 7.77. The first kappa shape index (κ1) is 22.8. The average Bonchev–Trinajstić information content (AvgIpc) is 2.50. The number of carboxylic acids is 2. The standard InChI is InChI=1S/C15H24O10/c1-2-3-4-5-12(19)24-8-10(16)9-25-13(20)7-15(23,14(21)22)6-11(17)18/h10,16,23H,2-9H2,1H3,(H,17,18)(H,21,22). The van der Waals surface area contributed by atoms with Crippen molar-refractivity contribution in [3.05, 3.63) is 0 Å². The van der Waals surface area contributed by atoms with E-state index in [1.54, 1.807) is 0 Å². The normalized spacial score (nSPS) is 14.2. The number of rotatable bonds is 13. The molecule has 0 saturated heterocycles. The van der Waals surface area contributed by atoms with Gasteiger partial charge in [-0.1, -0.05) is 19.8 Å². The summed E-state index contributed by atoms with van der Waals surface area (Å²) in [5.41, 5.74) is -2.81. The van der Waals surface area contributed by atoms with Crippen LogP contribution in [0.3, 0.4) is 0 Å². The molecular formula is C15H24O10. The molecule has 0 fully saturated rings. The van der Waals surface area contributed by atoms with Gasteiger partial charge < -0.3 is 29.9 Å². The molecule has 0 rings (SSSR count). The van der Waals surface area contributed by atoms with E-state index in [0.29, 0.717) is 6.42 Å². The number of hydrogen-bond donors (Lipinski definition) is 4. The summed E-state index contributed by atoms with van der Waals surface area (Å²) in [5, 5.41) is 36.6. The minimum Gasteiger partial charge on any atom is -0.481 e. The van der Waals surface area contributed by atoms with E-state index < -0.39 is 61.6 Å². The van der Waals surface area contributed by atoms with E-state index in [1.165, 1.54) is 0 Å². The molecule has 10 nitrogen and oxygen atoms in total. The zero-order chi connectivity index (χ0) is 19.5. The smallest absolute Gasteiger partial charge is 0.336 e. The Morgan fingerprint density at radius 2 is 1.52 bits per heavy atom. The minimum atomic E-state index is -2.81. The number of carboxylic acid groups (broad SMARTS) is 2. The summed E-state index contributed by atoms with van der Waals surface area (Å²) >= 11 is 0. The van der Waals surface area contributed by atoms with Gasteiger partial charge in [0.15, 0.2) is 5.60 Å². The lowest BCUT2D eigenvalue weighted by molar-refractivity contribution is -0.173. The summed E-state index contributed by atoms with van der Waals surface area (Å²) in [6.45, 7) is 0.978. The molecule has 144 valence electrons. The lowest BCUT2D eigenvalue weighted by atomic mass is 9.96. The van der Waals surface area contributed by atoms with Gasteiger partial charge in [-0.2, -0.15) is 0 Å². The zero-order valence-electron chi connectivity index (χ0n) is 14.0. The quantitative estimate of drug-likeness (QED) is 0.251. The summed E-state index contributed by atoms with van der Waals surface area (Å²) in [6, 6.07) is 0. The van der Waals surface area contributed by atoms with Crippen LogP contribution >= 0.6 is 0 Å². The molecule has 0 radical (unpaired) electrons. The Bertz CT molecular complexity index is 475. The number of aliphatic hydroxyl groups excluding tert-OH is 1. The van der Waals surface area contributed by atoms with Crippen molar-refractivity contribution >= 4 is 23.9 Å². The predicted molar refractivity (Wildman–Crippen MR) is 81.5 cm³/mol. The fourth-order valence-corrected chi connectivity index (χ4v) is 1.77. The van der Waals surface area contributed by atoms with Crippen LogP contribution in [0.15, 0.2) is 0 Å². The molecule has 0 aliphatic carbocycles. The second-order valence-electron chi connectivity index (χ2n) is 5.56. The molecule has 0 spiro atoms. The Hall–Kier alpha value is -2.20. The van der Waals surface area contributed by atoms with Crippen molar-refractivity contribution in [1.82, 2.24) is 0 Å². The Kier molecular flexibility index (Phi) is 10.4. The van der Waals surface area contributed by atoms with Gasteiger partial charge in [0.2, 0.25) is 0 Å². The highest BCUT2D eigenvalue weighted by Crippen LogP contribution is 2.17. The topological polar surface area (TPSA) is 168 Å². The lowest BCUT2D eigenvalue weighted by Gasteiger charge is -2.20. The van der Waals surface area contributed by atoms with Gasteiger partial charge in [-0.25, -0.2) is 4.79 Å². The molecule has 0 aromatic heterocycles. The molecule has 0 aliphatic rings. The Balaban J connectivity index is 4.20. The summed E-state index contributed by atoms with van der Waals surface area (Å²) < 4.78 is 9.34. The second kappa shape index (κ2) is 11.4. The first-order valence-corrected chi connectivity index (χ1v) is 7.77. The molecule has 10 heteroatoms. The zero-order valence-corrected chi connectivity index (χ0v) is 14.0. The molecule has 0 heterocycles. The highest BCUT2D eigenvalue weighted by Gasteiger charge is 2.41. The van der Waals surface area contributed by atoms with E-state index in [0.717, 1.165) is 12.8 Å². The highest BCUT2D eigenvalue weighted by atomic mass is 16.6. The van der Waals surface area contributed by atoms with Crippen LogP contribution in [0.1, 0.15) is 45.4 Å². The molecule has 4 N–H and O–H groups in total. The summed E-state index contributed by atoms with van der Waals surface area (Å²) in [6.07, 6.45) is -0.919. The highest BCUT2D eigenvalue weighted by molar-refractivity contribution is 5.88. The van der Waals surface area contributed by atoms with Crippen molar-refractivity contribution in [2.75, 3.05) is 13.2 Å². The first-order chi connectivity index (χ1) is 11.6. The van der Waals surface area contributed by atoms with Crippen molar-refractivity contribution < 1.29 is 49.1 Å². The van der Waals surface area contributed by atoms with Gasteiger partial charge in [-0.3, -0.25) is 14.4 Å². The van der Waals surface area contributed by atoms with Crippen molar-refractivity contribution in [2.45, 2.75) is 57.2 Å². The van der Waals surface area contributed by atoms with Crippen LogP contribution in [-0.2, 0) is 28.7 Å². The van der Waals surface area contributed by atoms with Crippen LogP contribution in [0.2, 0.25) is 0 Å². The number of aliphatic carboxylic acids is 2. The molecule has 0 bridgehead atoms. The van der Waals surface area contributed by atoms with E-state index >= 15 is 0 Å². The lowest BCUT2D eigenvalue weighted by Crippen LogP contribution is -2.43. The van der Waals surface area contributed by atoms with E-state index in [9.17, 15) is 29.4 Å². The van der Waals surface area contributed by atoms with Crippen LogP contribution in [0.25, 0.3) is 0 Å². The molecule has 25 heavy (non-hydrogen) atoms. The number of unbranched alkanes of at least 4 members (excludes halogenated alkanes) is 2. The van der Waals surface area contributed by atoms with Gasteiger partial charge in [-0.15, -0.1) is 0 Å². The number of carbonyl (C=O) groups is 4. The van der Waals surface area contributed by atoms with Crippen molar-refractivity contribution in [3.63, 3.8) is 0 Å². The molecule has 2 atom stereocenters.